The van der Waals surface area contributed by atoms with E-state index in [0.717, 1.165) is 37.2 Å². The van der Waals surface area contributed by atoms with E-state index in [4.69, 9.17) is 4.42 Å². The summed E-state index contributed by atoms with van der Waals surface area (Å²) in [7, 11) is 0. The molecular formula is C26H30N4O3. The van der Waals surface area contributed by atoms with Crippen LogP contribution in [-0.4, -0.2) is 41.5 Å². The fourth-order valence-electron chi connectivity index (χ4n) is 3.88. The first kappa shape index (κ1) is 22.6. The van der Waals surface area contributed by atoms with Crippen molar-refractivity contribution in [3.05, 3.63) is 71.6 Å². The lowest BCUT2D eigenvalue weighted by Gasteiger charge is -2.20. The lowest BCUT2D eigenvalue weighted by Crippen LogP contribution is -2.32. The van der Waals surface area contributed by atoms with E-state index in [1.807, 2.05) is 36.1 Å². The number of anilines is 1. The summed E-state index contributed by atoms with van der Waals surface area (Å²) in [6, 6.07) is 14.7. The third-order valence-electron chi connectivity index (χ3n) is 5.80. The number of rotatable bonds is 6. The van der Waals surface area contributed by atoms with Crippen molar-refractivity contribution in [1.29, 1.82) is 0 Å². The van der Waals surface area contributed by atoms with E-state index in [0.29, 0.717) is 30.1 Å². The molecule has 1 saturated heterocycles. The molecule has 2 N–H and O–H groups in total. The first-order valence-corrected chi connectivity index (χ1v) is 11.5. The van der Waals surface area contributed by atoms with Crippen LogP contribution < -0.4 is 10.6 Å². The number of likely N-dealkylation sites (tertiary alicyclic amines) is 1. The zero-order valence-corrected chi connectivity index (χ0v) is 19.0. The second-order valence-electron chi connectivity index (χ2n) is 8.42. The molecule has 1 aliphatic heterocycles. The number of carbonyl (C=O) groups excluding carboxylic acids is 2. The largest absolute Gasteiger partial charge is 0.444 e. The fraction of sp³-hybridized carbons (Fsp3) is 0.346. The molecule has 3 amide bonds. The Kier molecular flexibility index (Phi) is 7.40. The van der Waals surface area contributed by atoms with Gasteiger partial charge < -0.3 is 20.0 Å². The van der Waals surface area contributed by atoms with Crippen molar-refractivity contribution in [2.75, 3.05) is 25.0 Å². The normalized spacial score (nSPS) is 13.9. The van der Waals surface area contributed by atoms with E-state index in [-0.39, 0.29) is 11.9 Å². The van der Waals surface area contributed by atoms with E-state index < -0.39 is 0 Å². The van der Waals surface area contributed by atoms with Crippen LogP contribution in [0.1, 0.15) is 47.3 Å². The molecule has 7 heteroatoms. The lowest BCUT2D eigenvalue weighted by molar-refractivity contribution is 0.0761. The van der Waals surface area contributed by atoms with Gasteiger partial charge in [0.05, 0.1) is 5.69 Å². The number of nitrogens with zero attached hydrogens (tertiary/aromatic N) is 2. The summed E-state index contributed by atoms with van der Waals surface area (Å²) in [6.07, 6.45) is 6.68. The third-order valence-corrected chi connectivity index (χ3v) is 5.80. The second kappa shape index (κ2) is 10.8. The fourth-order valence-corrected chi connectivity index (χ4v) is 3.88. The van der Waals surface area contributed by atoms with Crippen LogP contribution in [0.25, 0.3) is 11.5 Å². The highest BCUT2D eigenvalue weighted by Crippen LogP contribution is 2.19. The van der Waals surface area contributed by atoms with Crippen molar-refractivity contribution in [2.45, 2.75) is 39.0 Å². The molecule has 2 heterocycles. The van der Waals surface area contributed by atoms with Crippen molar-refractivity contribution in [2.24, 2.45) is 0 Å². The van der Waals surface area contributed by atoms with E-state index in [1.165, 1.54) is 18.4 Å². The van der Waals surface area contributed by atoms with Gasteiger partial charge in [0, 0.05) is 42.9 Å². The Morgan fingerprint density at radius 2 is 1.67 bits per heavy atom. The number of amides is 3. The maximum Gasteiger partial charge on any atom is 0.319 e. The predicted molar refractivity (Wildman–Crippen MR) is 128 cm³/mol. The van der Waals surface area contributed by atoms with Crippen molar-refractivity contribution < 1.29 is 14.0 Å². The molecule has 0 spiro atoms. The van der Waals surface area contributed by atoms with Crippen molar-refractivity contribution >= 4 is 17.6 Å². The second-order valence-corrected chi connectivity index (χ2v) is 8.42. The summed E-state index contributed by atoms with van der Waals surface area (Å²) in [5.74, 6) is 0.634. The smallest absolute Gasteiger partial charge is 0.319 e. The number of oxazole rings is 1. The molecule has 0 radical (unpaired) electrons. The minimum Gasteiger partial charge on any atom is -0.444 e. The Balaban J connectivity index is 1.23. The van der Waals surface area contributed by atoms with Gasteiger partial charge in [0.25, 0.3) is 5.91 Å². The van der Waals surface area contributed by atoms with E-state index in [1.54, 1.807) is 30.5 Å². The molecule has 1 fully saturated rings. The summed E-state index contributed by atoms with van der Waals surface area (Å²) in [5.41, 5.74) is 4.18. The summed E-state index contributed by atoms with van der Waals surface area (Å²) >= 11 is 0. The first-order valence-electron chi connectivity index (χ1n) is 11.5. The number of urea groups is 1. The van der Waals surface area contributed by atoms with Gasteiger partial charge >= 0.3 is 6.03 Å². The number of aryl methyl sites for hydroxylation is 1. The molecular weight excluding hydrogens is 416 g/mol. The molecule has 0 saturated carbocycles. The maximum absolute atomic E-state index is 12.7. The summed E-state index contributed by atoms with van der Waals surface area (Å²) in [4.78, 5) is 31.3. The van der Waals surface area contributed by atoms with Gasteiger partial charge in [-0.2, -0.15) is 0 Å². The van der Waals surface area contributed by atoms with Crippen molar-refractivity contribution in [3.8, 4) is 11.5 Å². The van der Waals surface area contributed by atoms with Crippen LogP contribution in [0.15, 0.2) is 59.2 Å². The molecule has 4 rings (SSSR count). The molecule has 1 aliphatic rings. The highest BCUT2D eigenvalue weighted by molar-refractivity contribution is 5.95. The zero-order chi connectivity index (χ0) is 23.0. The highest BCUT2D eigenvalue weighted by Gasteiger charge is 2.17. The van der Waals surface area contributed by atoms with Gasteiger partial charge in [-0.25, -0.2) is 9.78 Å². The number of carbonyl (C=O) groups is 2. The summed E-state index contributed by atoms with van der Waals surface area (Å²) in [6.45, 7) is 4.10. The molecule has 0 unspecified atom stereocenters. The molecule has 0 atom stereocenters. The van der Waals surface area contributed by atoms with Crippen molar-refractivity contribution in [3.63, 3.8) is 0 Å². The highest BCUT2D eigenvalue weighted by atomic mass is 16.3. The molecule has 33 heavy (non-hydrogen) atoms. The van der Waals surface area contributed by atoms with Crippen LogP contribution >= 0.6 is 0 Å². The number of hydrogen-bond donors (Lipinski definition) is 2. The molecule has 7 nitrogen and oxygen atoms in total. The Bertz CT molecular complexity index is 1070. The molecule has 0 bridgehead atoms. The van der Waals surface area contributed by atoms with Gasteiger partial charge in [-0.3, -0.25) is 4.79 Å². The van der Waals surface area contributed by atoms with Crippen LogP contribution in [0.2, 0.25) is 0 Å². The van der Waals surface area contributed by atoms with Crippen molar-refractivity contribution in [1.82, 2.24) is 15.2 Å². The predicted octanol–water partition coefficient (Wildman–Crippen LogP) is 5.03. The Morgan fingerprint density at radius 3 is 2.36 bits per heavy atom. The average molecular weight is 447 g/mol. The summed E-state index contributed by atoms with van der Waals surface area (Å²) < 4.78 is 5.55. The SMILES string of the molecule is Cc1ccc(-c2nc(CCNC(=O)Nc3ccc(C(=O)N4CCCCCC4)cc3)co2)cc1. The first-order chi connectivity index (χ1) is 16.1. The van der Waals surface area contributed by atoms with Crippen LogP contribution in [0.5, 0.6) is 0 Å². The Labute approximate surface area is 194 Å². The van der Waals surface area contributed by atoms with Gasteiger partial charge in [0.1, 0.15) is 6.26 Å². The van der Waals surface area contributed by atoms with Gasteiger partial charge in [-0.15, -0.1) is 0 Å². The molecule has 3 aromatic rings. The Morgan fingerprint density at radius 1 is 0.970 bits per heavy atom. The van der Waals surface area contributed by atoms with Crippen LogP contribution in [0.3, 0.4) is 0 Å². The quantitative estimate of drug-likeness (QED) is 0.556. The third kappa shape index (κ3) is 6.22. The van der Waals surface area contributed by atoms with Crippen LogP contribution in [0, 0.1) is 6.92 Å². The molecule has 2 aromatic carbocycles. The van der Waals surface area contributed by atoms with Gasteiger partial charge in [0.2, 0.25) is 5.89 Å². The number of benzene rings is 2. The monoisotopic (exact) mass is 446 g/mol. The van der Waals surface area contributed by atoms with E-state index in [2.05, 4.69) is 15.6 Å². The lowest BCUT2D eigenvalue weighted by atomic mass is 10.1. The maximum atomic E-state index is 12.7. The topological polar surface area (TPSA) is 87.5 Å². The van der Waals surface area contributed by atoms with Gasteiger partial charge in [-0.05, 0) is 56.2 Å². The number of nitrogens with one attached hydrogen (secondary N) is 2. The molecule has 0 aliphatic carbocycles. The van der Waals surface area contributed by atoms with Gasteiger partial charge in [-0.1, -0.05) is 30.5 Å². The van der Waals surface area contributed by atoms with E-state index in [9.17, 15) is 9.59 Å². The van der Waals surface area contributed by atoms with Crippen LogP contribution in [-0.2, 0) is 6.42 Å². The minimum atomic E-state index is -0.302. The summed E-state index contributed by atoms with van der Waals surface area (Å²) in [5, 5.41) is 5.63. The van der Waals surface area contributed by atoms with Gasteiger partial charge in [0.15, 0.2) is 0 Å². The van der Waals surface area contributed by atoms with E-state index >= 15 is 0 Å². The Hall–Kier alpha value is -3.61. The number of hydrogen-bond acceptors (Lipinski definition) is 4. The zero-order valence-electron chi connectivity index (χ0n) is 19.0. The number of aromatic nitrogens is 1. The standard InChI is InChI=1S/C26H30N4O3/c1-19-6-8-20(9-7-19)24-28-23(18-33-24)14-15-27-26(32)29-22-12-10-21(11-13-22)25(31)30-16-4-2-3-5-17-30/h6-13,18H,2-5,14-17H2,1H3,(H2,27,29,32). The molecule has 1 aromatic heterocycles. The van der Waals surface area contributed by atoms with Crippen LogP contribution in [0.4, 0.5) is 10.5 Å². The molecule has 172 valence electrons. The minimum absolute atomic E-state index is 0.0607. The average Bonchev–Trinajstić information content (AvgIpc) is 3.12.